The summed E-state index contributed by atoms with van der Waals surface area (Å²) in [5.74, 6) is 0.627. The Morgan fingerprint density at radius 2 is 1.84 bits per heavy atom. The van der Waals surface area contributed by atoms with Crippen molar-refractivity contribution in [3.05, 3.63) is 66.7 Å². The van der Waals surface area contributed by atoms with Gasteiger partial charge in [0.05, 0.1) is 11.7 Å². The third-order valence-electron chi connectivity index (χ3n) is 5.62. The number of benzene rings is 2. The standard InChI is InChI=1S/C23H25N5O3/c1-17(18-5-7-20(8-6-18)28-16-24-15-25-28)26(2)23(30)14-31-21-11-9-19(10-12-21)27-13-3-4-22(27)29/h5-12,15-17H,3-4,13-14H2,1-2H3/t17-/m0/s1. The molecule has 31 heavy (non-hydrogen) atoms. The summed E-state index contributed by atoms with van der Waals surface area (Å²) >= 11 is 0. The van der Waals surface area contributed by atoms with Crippen LogP contribution in [0.25, 0.3) is 5.69 Å². The lowest BCUT2D eigenvalue weighted by atomic mass is 10.1. The smallest absolute Gasteiger partial charge is 0.260 e. The van der Waals surface area contributed by atoms with Crippen molar-refractivity contribution in [2.24, 2.45) is 0 Å². The summed E-state index contributed by atoms with van der Waals surface area (Å²) in [4.78, 5) is 31.9. The van der Waals surface area contributed by atoms with Crippen molar-refractivity contribution in [2.75, 3.05) is 25.1 Å². The van der Waals surface area contributed by atoms with E-state index in [1.807, 2.05) is 43.3 Å². The minimum atomic E-state index is -0.119. The van der Waals surface area contributed by atoms with Gasteiger partial charge in [-0.2, -0.15) is 5.10 Å². The molecule has 2 amide bonds. The van der Waals surface area contributed by atoms with Gasteiger partial charge >= 0.3 is 0 Å². The van der Waals surface area contributed by atoms with E-state index in [0.29, 0.717) is 12.2 Å². The van der Waals surface area contributed by atoms with Crippen LogP contribution < -0.4 is 9.64 Å². The fourth-order valence-corrected chi connectivity index (χ4v) is 3.58. The molecule has 0 unspecified atom stereocenters. The van der Waals surface area contributed by atoms with Crippen LogP contribution in [0.2, 0.25) is 0 Å². The lowest BCUT2D eigenvalue weighted by Gasteiger charge is -2.25. The van der Waals surface area contributed by atoms with Crippen LogP contribution in [0, 0.1) is 0 Å². The highest BCUT2D eigenvalue weighted by molar-refractivity contribution is 5.95. The molecular formula is C23H25N5O3. The number of likely N-dealkylation sites (N-methyl/N-ethyl adjacent to an activating group) is 1. The van der Waals surface area contributed by atoms with E-state index in [4.69, 9.17) is 4.74 Å². The van der Waals surface area contributed by atoms with Crippen LogP contribution in [0.4, 0.5) is 5.69 Å². The topological polar surface area (TPSA) is 80.6 Å². The molecule has 0 spiro atoms. The third-order valence-corrected chi connectivity index (χ3v) is 5.62. The van der Waals surface area contributed by atoms with E-state index in [9.17, 15) is 9.59 Å². The lowest BCUT2D eigenvalue weighted by molar-refractivity contribution is -0.134. The van der Waals surface area contributed by atoms with Crippen LogP contribution in [0.5, 0.6) is 5.75 Å². The Morgan fingerprint density at radius 3 is 2.45 bits per heavy atom. The predicted octanol–water partition coefficient (Wildman–Crippen LogP) is 2.99. The summed E-state index contributed by atoms with van der Waals surface area (Å²) in [5, 5.41) is 4.11. The predicted molar refractivity (Wildman–Crippen MR) is 116 cm³/mol. The summed E-state index contributed by atoms with van der Waals surface area (Å²) in [6, 6.07) is 15.0. The molecule has 1 aliphatic heterocycles. The van der Waals surface area contributed by atoms with Crippen LogP contribution in [0.1, 0.15) is 31.4 Å². The van der Waals surface area contributed by atoms with Gasteiger partial charge < -0.3 is 14.5 Å². The third kappa shape index (κ3) is 4.58. The Balaban J connectivity index is 1.32. The molecule has 4 rings (SSSR count). The zero-order valence-electron chi connectivity index (χ0n) is 17.6. The SMILES string of the molecule is C[C@@H](c1ccc(-n2cncn2)cc1)N(C)C(=O)COc1ccc(N2CCCC2=O)cc1. The van der Waals surface area contributed by atoms with E-state index in [-0.39, 0.29) is 24.5 Å². The normalized spacial score (nSPS) is 14.5. The zero-order chi connectivity index (χ0) is 21.8. The van der Waals surface area contributed by atoms with Crippen molar-refractivity contribution >= 4 is 17.5 Å². The van der Waals surface area contributed by atoms with Crippen molar-refractivity contribution in [1.82, 2.24) is 19.7 Å². The van der Waals surface area contributed by atoms with Crippen molar-refractivity contribution in [3.63, 3.8) is 0 Å². The molecular weight excluding hydrogens is 394 g/mol. The summed E-state index contributed by atoms with van der Waals surface area (Å²) < 4.78 is 7.36. The molecule has 160 valence electrons. The number of rotatable bonds is 7. The second kappa shape index (κ2) is 8.99. The number of carbonyl (C=O) groups excluding carboxylic acids is 2. The molecule has 0 radical (unpaired) electrons. The molecule has 1 aromatic heterocycles. The largest absolute Gasteiger partial charge is 0.484 e. The molecule has 1 saturated heterocycles. The van der Waals surface area contributed by atoms with E-state index >= 15 is 0 Å². The quantitative estimate of drug-likeness (QED) is 0.588. The first-order valence-electron chi connectivity index (χ1n) is 10.3. The fourth-order valence-electron chi connectivity index (χ4n) is 3.58. The monoisotopic (exact) mass is 419 g/mol. The van der Waals surface area contributed by atoms with Gasteiger partial charge in [0, 0.05) is 25.7 Å². The average molecular weight is 419 g/mol. The van der Waals surface area contributed by atoms with Gasteiger partial charge in [0.15, 0.2) is 6.61 Å². The van der Waals surface area contributed by atoms with E-state index in [2.05, 4.69) is 10.1 Å². The Hall–Kier alpha value is -3.68. The van der Waals surface area contributed by atoms with Gasteiger partial charge in [0.25, 0.3) is 5.91 Å². The van der Waals surface area contributed by atoms with Gasteiger partial charge in [-0.1, -0.05) is 12.1 Å². The second-order valence-electron chi connectivity index (χ2n) is 7.54. The molecule has 0 aliphatic carbocycles. The first-order chi connectivity index (χ1) is 15.0. The molecule has 1 atom stereocenters. The zero-order valence-corrected chi connectivity index (χ0v) is 17.6. The number of hydrogen-bond acceptors (Lipinski definition) is 5. The van der Waals surface area contributed by atoms with Crippen LogP contribution in [0.15, 0.2) is 61.2 Å². The number of aromatic nitrogens is 3. The first-order valence-corrected chi connectivity index (χ1v) is 10.3. The van der Waals surface area contributed by atoms with Crippen LogP contribution in [-0.4, -0.2) is 51.7 Å². The highest BCUT2D eigenvalue weighted by atomic mass is 16.5. The Morgan fingerprint density at radius 1 is 1.13 bits per heavy atom. The van der Waals surface area contributed by atoms with Gasteiger partial charge in [-0.05, 0) is 55.3 Å². The van der Waals surface area contributed by atoms with Crippen molar-refractivity contribution < 1.29 is 14.3 Å². The number of nitrogens with zero attached hydrogens (tertiary/aromatic N) is 5. The van der Waals surface area contributed by atoms with Crippen LogP contribution in [-0.2, 0) is 9.59 Å². The Bertz CT molecular complexity index is 1030. The van der Waals surface area contributed by atoms with Crippen molar-refractivity contribution in [2.45, 2.75) is 25.8 Å². The van der Waals surface area contributed by atoms with Crippen LogP contribution in [0.3, 0.4) is 0 Å². The van der Waals surface area contributed by atoms with Crippen LogP contribution >= 0.6 is 0 Å². The summed E-state index contributed by atoms with van der Waals surface area (Å²) in [6.07, 6.45) is 4.61. The van der Waals surface area contributed by atoms with E-state index < -0.39 is 0 Å². The molecule has 2 heterocycles. The summed E-state index contributed by atoms with van der Waals surface area (Å²) in [7, 11) is 1.77. The summed E-state index contributed by atoms with van der Waals surface area (Å²) in [6.45, 7) is 2.67. The molecule has 8 heteroatoms. The molecule has 1 aliphatic rings. The highest BCUT2D eigenvalue weighted by Crippen LogP contribution is 2.24. The Labute approximate surface area is 181 Å². The van der Waals surface area contributed by atoms with Gasteiger partial charge in [-0.15, -0.1) is 0 Å². The number of carbonyl (C=O) groups is 2. The maximum atomic E-state index is 12.6. The minimum Gasteiger partial charge on any atom is -0.484 e. The number of hydrogen-bond donors (Lipinski definition) is 0. The van der Waals surface area contributed by atoms with Gasteiger partial charge in [-0.25, -0.2) is 9.67 Å². The number of anilines is 1. The maximum absolute atomic E-state index is 12.6. The molecule has 3 aromatic rings. The number of ether oxygens (including phenoxy) is 1. The lowest BCUT2D eigenvalue weighted by Crippen LogP contribution is -2.33. The van der Waals surface area contributed by atoms with Gasteiger partial charge in [-0.3, -0.25) is 9.59 Å². The van der Waals surface area contributed by atoms with E-state index in [1.54, 1.807) is 40.0 Å². The van der Waals surface area contributed by atoms with E-state index in [0.717, 1.165) is 29.9 Å². The second-order valence-corrected chi connectivity index (χ2v) is 7.54. The maximum Gasteiger partial charge on any atom is 0.260 e. The minimum absolute atomic E-state index is 0.0557. The molecule has 0 saturated carbocycles. The first kappa shape index (κ1) is 20.6. The molecule has 0 bridgehead atoms. The highest BCUT2D eigenvalue weighted by Gasteiger charge is 2.22. The fraction of sp³-hybridized carbons (Fsp3) is 0.304. The van der Waals surface area contributed by atoms with Gasteiger partial charge in [0.1, 0.15) is 18.4 Å². The summed E-state index contributed by atoms with van der Waals surface area (Å²) in [5.41, 5.74) is 2.78. The Kier molecular flexibility index (Phi) is 5.97. The number of amides is 2. The molecule has 0 N–H and O–H groups in total. The molecule has 2 aromatic carbocycles. The molecule has 1 fully saturated rings. The van der Waals surface area contributed by atoms with Gasteiger partial charge in [0.2, 0.25) is 5.91 Å². The molecule has 8 nitrogen and oxygen atoms in total. The van der Waals surface area contributed by atoms with Crippen molar-refractivity contribution in [3.8, 4) is 11.4 Å². The van der Waals surface area contributed by atoms with E-state index in [1.165, 1.54) is 6.33 Å². The average Bonchev–Trinajstić information content (AvgIpc) is 3.49. The van der Waals surface area contributed by atoms with Crippen molar-refractivity contribution in [1.29, 1.82) is 0 Å².